The molecule has 5 aromatic rings. The van der Waals surface area contributed by atoms with Crippen LogP contribution in [0.5, 0.6) is 0 Å². The van der Waals surface area contributed by atoms with E-state index in [0.29, 0.717) is 6.73 Å². The van der Waals surface area contributed by atoms with Crippen molar-refractivity contribution in [2.24, 2.45) is 0 Å². The first-order valence-corrected chi connectivity index (χ1v) is 33.3. The van der Waals surface area contributed by atoms with Gasteiger partial charge in [-0.1, -0.05) is 124 Å². The van der Waals surface area contributed by atoms with Gasteiger partial charge in [-0.05, 0) is 98.0 Å². The van der Waals surface area contributed by atoms with E-state index in [1.807, 2.05) is 78.7 Å². The molecule has 0 aliphatic carbocycles. The Kier molecular flexibility index (Phi) is 33.2. The van der Waals surface area contributed by atoms with E-state index in [-0.39, 0.29) is 0 Å². The van der Waals surface area contributed by atoms with Gasteiger partial charge in [0.15, 0.2) is 0 Å². The number of aromatic nitrogens is 8. The molecule has 0 atom stereocenters. The molecule has 0 unspecified atom stereocenters. The first-order valence-electron chi connectivity index (χ1n) is 26.0. The number of aromatic amines is 2. The number of nitrogens with zero attached hydrogens (tertiary/aromatic N) is 7. The number of H-pyrrole nitrogens is 2. The molecule has 1 aliphatic heterocycles. The molecule has 6 rings (SSSR count). The van der Waals surface area contributed by atoms with Crippen molar-refractivity contribution in [2.45, 2.75) is 178 Å². The number of rotatable bonds is 29. The molecule has 10 nitrogen and oxygen atoms in total. The number of thiol groups is 1. The number of thioether (sulfide) groups is 3. The standard InChI is InChI=1S/C20H33N3OSSi.C15H25N3S.C14H19N3S.C5H12S/c1-5-6-7-8-13-25-20-19(18-10-9-11-21-15-18)23(16-22-20)17-24-12-14-26(2,3)4;1-3-4-5-6-10-19-15-14(16-12-17-15)13-8-7-9-18(2)11-13;1-2-3-4-5-9-18-14-13(16-11-17-14)12-7-6-8-15-10-12;1-2-3-4-5-6/h9-11,15-16H,5-8,12-14,17H2,1-4H3;8,12H,3-7,9-11H2,1-2H3,(H,16,17);6-8,10-11H,2-5,9H2,1H3,(H,16,17);6H,2-5H2,1H3. The van der Waals surface area contributed by atoms with Gasteiger partial charge in [0.1, 0.15) is 21.8 Å². The summed E-state index contributed by atoms with van der Waals surface area (Å²) >= 11 is 9.63. The van der Waals surface area contributed by atoms with Crippen LogP contribution in [0.25, 0.3) is 28.1 Å². The number of pyridine rings is 2. The lowest BCUT2D eigenvalue weighted by Crippen LogP contribution is -2.25. The zero-order valence-electron chi connectivity index (χ0n) is 43.8. The van der Waals surface area contributed by atoms with Crippen LogP contribution in [0.3, 0.4) is 0 Å². The largest absolute Gasteiger partial charge is 0.361 e. The van der Waals surface area contributed by atoms with E-state index < -0.39 is 8.07 Å². The van der Waals surface area contributed by atoms with Crippen LogP contribution in [0.1, 0.15) is 136 Å². The Morgan fingerprint density at radius 3 is 1.71 bits per heavy atom. The van der Waals surface area contributed by atoms with Gasteiger partial charge in [0, 0.05) is 63.7 Å². The highest BCUT2D eigenvalue weighted by Gasteiger charge is 2.17. The summed E-state index contributed by atoms with van der Waals surface area (Å²) in [6.07, 6.45) is 35.9. The number of nitrogens with one attached hydrogen (secondary N) is 2. The summed E-state index contributed by atoms with van der Waals surface area (Å²) in [5, 5.41) is 3.35. The van der Waals surface area contributed by atoms with E-state index in [9.17, 15) is 0 Å². The van der Waals surface area contributed by atoms with Crippen molar-refractivity contribution in [3.8, 4) is 22.5 Å². The van der Waals surface area contributed by atoms with Crippen molar-refractivity contribution in [1.29, 1.82) is 0 Å². The fourth-order valence-corrected chi connectivity index (χ4v) is 11.2. The second kappa shape index (κ2) is 37.9. The summed E-state index contributed by atoms with van der Waals surface area (Å²) in [4.78, 5) is 30.9. The smallest absolute Gasteiger partial charge is 0.124 e. The quantitative estimate of drug-likeness (QED) is 0.0185. The van der Waals surface area contributed by atoms with Gasteiger partial charge in [-0.3, -0.25) is 9.97 Å². The summed E-state index contributed by atoms with van der Waals surface area (Å²) in [7, 11) is 1.12. The van der Waals surface area contributed by atoms with E-state index >= 15 is 0 Å². The first kappa shape index (κ1) is 60.5. The number of unbranched alkanes of at least 4 members (excludes halogenated alkanes) is 11. The molecule has 6 heterocycles. The van der Waals surface area contributed by atoms with Gasteiger partial charge in [-0.15, -0.1) is 35.3 Å². The lowest BCUT2D eigenvalue weighted by molar-refractivity contribution is 0.0881. The highest BCUT2D eigenvalue weighted by Crippen LogP contribution is 2.32. The molecular weight excluding hydrogens is 947 g/mol. The maximum atomic E-state index is 5.96. The lowest BCUT2D eigenvalue weighted by Gasteiger charge is -2.22. The average molecular weight is 1040 g/mol. The van der Waals surface area contributed by atoms with E-state index in [2.05, 4.69) is 130 Å². The number of hydrogen-bond acceptors (Lipinski definition) is 11. The van der Waals surface area contributed by atoms with E-state index in [1.165, 1.54) is 124 Å². The monoisotopic (exact) mass is 1040 g/mol. The Labute approximate surface area is 437 Å². The maximum Gasteiger partial charge on any atom is 0.124 e. The minimum absolute atomic E-state index is 0.554. The molecule has 0 fully saturated rings. The van der Waals surface area contributed by atoms with E-state index in [0.717, 1.165) is 75.9 Å². The molecule has 0 saturated carbocycles. The van der Waals surface area contributed by atoms with Crippen molar-refractivity contribution in [1.82, 2.24) is 44.4 Å². The predicted molar refractivity (Wildman–Crippen MR) is 308 cm³/mol. The average Bonchev–Trinajstić information content (AvgIpc) is 4.14. The molecule has 0 radical (unpaired) electrons. The Morgan fingerprint density at radius 1 is 0.667 bits per heavy atom. The molecule has 0 amide bonds. The van der Waals surface area contributed by atoms with Crippen LogP contribution in [-0.2, 0) is 11.5 Å². The molecule has 384 valence electrons. The Balaban J connectivity index is 0.000000263. The van der Waals surface area contributed by atoms with Crippen LogP contribution in [0, 0.1) is 0 Å². The molecule has 1 aliphatic rings. The summed E-state index contributed by atoms with van der Waals surface area (Å²) < 4.78 is 8.08. The lowest BCUT2D eigenvalue weighted by atomic mass is 10.1. The minimum Gasteiger partial charge on any atom is -0.361 e. The van der Waals surface area contributed by atoms with Gasteiger partial charge < -0.3 is 24.2 Å². The van der Waals surface area contributed by atoms with Crippen LogP contribution in [0.4, 0.5) is 0 Å². The molecule has 0 aromatic carbocycles. The van der Waals surface area contributed by atoms with Crippen LogP contribution in [0.15, 0.2) is 89.2 Å². The van der Waals surface area contributed by atoms with Gasteiger partial charge in [-0.2, -0.15) is 12.6 Å². The molecule has 0 spiro atoms. The molecule has 5 aromatic heterocycles. The topological polar surface area (TPSA) is 113 Å². The molecule has 0 bridgehead atoms. The third kappa shape index (κ3) is 25.9. The van der Waals surface area contributed by atoms with Gasteiger partial charge in [0.25, 0.3) is 0 Å². The van der Waals surface area contributed by atoms with E-state index in [1.54, 1.807) is 12.5 Å². The van der Waals surface area contributed by atoms with Crippen LogP contribution < -0.4 is 0 Å². The molecule has 0 saturated heterocycles. The summed E-state index contributed by atoms with van der Waals surface area (Å²) in [6, 6.07) is 9.27. The van der Waals surface area contributed by atoms with Crippen molar-refractivity contribution < 1.29 is 4.74 Å². The Morgan fingerprint density at radius 2 is 1.20 bits per heavy atom. The summed E-state index contributed by atoms with van der Waals surface area (Å²) in [5.41, 5.74) is 7.07. The van der Waals surface area contributed by atoms with Crippen LogP contribution >= 0.6 is 47.9 Å². The number of imidazole rings is 3. The Bertz CT molecular complexity index is 2020. The highest BCUT2D eigenvalue weighted by molar-refractivity contribution is 7.99. The van der Waals surface area contributed by atoms with Crippen molar-refractivity contribution in [3.05, 3.63) is 79.8 Å². The van der Waals surface area contributed by atoms with Gasteiger partial charge in [0.2, 0.25) is 0 Å². The van der Waals surface area contributed by atoms with Gasteiger partial charge in [0.05, 0.1) is 36.1 Å². The fraction of sp³-hybridized carbons (Fsp3) is 0.611. The SMILES string of the molecule is CCCCCCSc1nc[nH]c1-c1cccnc1.CCCCCCSc1nc[nH]c1C1=CCCN(C)C1.CCCCCCSc1ncn(COCC[Si](C)(C)C)c1-c1cccnc1.CCCCCS. The fourth-order valence-electron chi connectivity index (χ4n) is 7.16. The van der Waals surface area contributed by atoms with Crippen LogP contribution in [0.2, 0.25) is 25.7 Å². The summed E-state index contributed by atoms with van der Waals surface area (Å²) in [6.45, 7) is 19.6. The maximum absolute atomic E-state index is 5.96. The summed E-state index contributed by atoms with van der Waals surface area (Å²) in [5.74, 6) is 4.48. The molecule has 69 heavy (non-hydrogen) atoms. The zero-order chi connectivity index (χ0) is 49.8. The first-order chi connectivity index (χ1) is 33.6. The third-order valence-electron chi connectivity index (χ3n) is 11.3. The zero-order valence-corrected chi connectivity index (χ0v) is 48.2. The second-order valence-electron chi connectivity index (χ2n) is 18.8. The highest BCUT2D eigenvalue weighted by atomic mass is 32.2. The predicted octanol–water partition coefficient (Wildman–Crippen LogP) is 16.0. The number of hydrogen-bond donors (Lipinski definition) is 3. The molecule has 2 N–H and O–H groups in total. The molecule has 15 heteroatoms. The normalized spacial score (nSPS) is 12.6. The van der Waals surface area contributed by atoms with Crippen molar-refractivity contribution >= 4 is 61.6 Å². The number of ether oxygens (including phenoxy) is 1. The third-order valence-corrected chi connectivity index (χ3v) is 16.5. The van der Waals surface area contributed by atoms with Gasteiger partial charge >= 0.3 is 0 Å². The number of likely N-dealkylation sites (N-methyl/N-ethyl adjacent to an activating group) is 1. The molecular formula is C54H89N9OS4Si. The minimum atomic E-state index is -1.06. The van der Waals surface area contributed by atoms with E-state index in [4.69, 9.17) is 4.74 Å². The second-order valence-corrected chi connectivity index (χ2v) is 28.1. The van der Waals surface area contributed by atoms with Crippen molar-refractivity contribution in [2.75, 3.05) is 49.8 Å². The van der Waals surface area contributed by atoms with Crippen LogP contribution in [-0.4, -0.2) is 102 Å². The van der Waals surface area contributed by atoms with Gasteiger partial charge in [-0.25, -0.2) is 15.0 Å². The van der Waals surface area contributed by atoms with Crippen molar-refractivity contribution in [3.63, 3.8) is 0 Å². The Hall–Kier alpha value is -2.79.